The Bertz CT molecular complexity index is 1190. The normalized spacial score (nSPS) is 11.3. The molecule has 0 heterocycles. The lowest BCUT2D eigenvalue weighted by atomic mass is 10.1. The van der Waals surface area contributed by atoms with Crippen LogP contribution in [0.5, 0.6) is 5.75 Å². The highest BCUT2D eigenvalue weighted by molar-refractivity contribution is 7.92. The van der Waals surface area contributed by atoms with Crippen molar-refractivity contribution in [3.05, 3.63) is 83.7 Å². The number of nitrogens with one attached hydrogen (secondary N) is 2. The van der Waals surface area contributed by atoms with Crippen molar-refractivity contribution in [2.75, 3.05) is 10.0 Å². The number of rotatable bonds is 8. The lowest BCUT2D eigenvalue weighted by Gasteiger charge is -2.13. The van der Waals surface area contributed by atoms with E-state index in [0.29, 0.717) is 11.4 Å². The van der Waals surface area contributed by atoms with Crippen LogP contribution in [0, 0.1) is 12.7 Å². The van der Waals surface area contributed by atoms with Crippen LogP contribution in [0.15, 0.2) is 71.6 Å². The van der Waals surface area contributed by atoms with E-state index in [9.17, 15) is 17.6 Å². The molecule has 0 aromatic heterocycles. The molecule has 3 rings (SSSR count). The summed E-state index contributed by atoms with van der Waals surface area (Å²) >= 11 is 0. The summed E-state index contributed by atoms with van der Waals surface area (Å²) in [6.45, 7) is 5.79. The van der Waals surface area contributed by atoms with Gasteiger partial charge in [0.25, 0.3) is 10.0 Å². The number of ether oxygens (including phenoxy) is 1. The number of hydrogen-bond acceptors (Lipinski definition) is 4. The predicted molar refractivity (Wildman–Crippen MR) is 123 cm³/mol. The SMILES string of the molecule is Cc1cc(OC(C)C)ccc1NC(=O)Cc1ccc(NS(=O)(=O)c2ccc(F)cc2)cc1. The summed E-state index contributed by atoms with van der Waals surface area (Å²) in [5.74, 6) is 0.0426. The molecule has 6 nitrogen and oxygen atoms in total. The molecule has 32 heavy (non-hydrogen) atoms. The third-order valence-electron chi connectivity index (χ3n) is 4.54. The van der Waals surface area contributed by atoms with Gasteiger partial charge in [0, 0.05) is 11.4 Å². The zero-order valence-electron chi connectivity index (χ0n) is 18.1. The first-order chi connectivity index (χ1) is 15.1. The number of benzene rings is 3. The molecule has 0 atom stereocenters. The van der Waals surface area contributed by atoms with Crippen LogP contribution in [0.2, 0.25) is 0 Å². The van der Waals surface area contributed by atoms with Crippen molar-refractivity contribution < 1.29 is 22.3 Å². The van der Waals surface area contributed by atoms with Crippen molar-refractivity contribution in [3.63, 3.8) is 0 Å². The van der Waals surface area contributed by atoms with Crippen molar-refractivity contribution in [1.82, 2.24) is 0 Å². The van der Waals surface area contributed by atoms with Gasteiger partial charge in [0.15, 0.2) is 0 Å². The van der Waals surface area contributed by atoms with Gasteiger partial charge in [-0.05, 0) is 86.5 Å². The monoisotopic (exact) mass is 456 g/mol. The van der Waals surface area contributed by atoms with Crippen molar-refractivity contribution in [2.45, 2.75) is 38.2 Å². The highest BCUT2D eigenvalue weighted by atomic mass is 32.2. The fraction of sp³-hybridized carbons (Fsp3) is 0.208. The summed E-state index contributed by atoms with van der Waals surface area (Å²) in [6.07, 6.45) is 0.201. The number of anilines is 2. The fourth-order valence-corrected chi connectivity index (χ4v) is 4.08. The van der Waals surface area contributed by atoms with Gasteiger partial charge in [-0.15, -0.1) is 0 Å². The Morgan fingerprint density at radius 3 is 2.25 bits per heavy atom. The molecule has 0 radical (unpaired) electrons. The quantitative estimate of drug-likeness (QED) is 0.505. The summed E-state index contributed by atoms with van der Waals surface area (Å²) in [6, 6.07) is 16.6. The summed E-state index contributed by atoms with van der Waals surface area (Å²) in [5, 5.41) is 2.88. The molecule has 8 heteroatoms. The number of hydrogen-bond donors (Lipinski definition) is 2. The molecule has 0 unspecified atom stereocenters. The van der Waals surface area contributed by atoms with Crippen LogP contribution in [-0.2, 0) is 21.2 Å². The number of sulfonamides is 1. The highest BCUT2D eigenvalue weighted by Gasteiger charge is 2.14. The zero-order valence-corrected chi connectivity index (χ0v) is 18.9. The van der Waals surface area contributed by atoms with Gasteiger partial charge in [-0.3, -0.25) is 9.52 Å². The van der Waals surface area contributed by atoms with Crippen LogP contribution >= 0.6 is 0 Å². The van der Waals surface area contributed by atoms with Gasteiger partial charge in [0.05, 0.1) is 17.4 Å². The molecule has 2 N–H and O–H groups in total. The number of amides is 1. The molecule has 0 saturated carbocycles. The Morgan fingerprint density at radius 1 is 1.00 bits per heavy atom. The van der Waals surface area contributed by atoms with E-state index in [2.05, 4.69) is 10.0 Å². The largest absolute Gasteiger partial charge is 0.491 e. The van der Waals surface area contributed by atoms with Crippen LogP contribution in [0.4, 0.5) is 15.8 Å². The molecule has 0 fully saturated rings. The minimum atomic E-state index is -3.83. The first-order valence-corrected chi connectivity index (χ1v) is 11.6. The number of aryl methyl sites for hydroxylation is 1. The topological polar surface area (TPSA) is 84.5 Å². The Morgan fingerprint density at radius 2 is 1.66 bits per heavy atom. The molecule has 168 valence electrons. The van der Waals surface area contributed by atoms with E-state index >= 15 is 0 Å². The Labute approximate surface area is 187 Å². The average Bonchev–Trinajstić information content (AvgIpc) is 2.71. The molecular formula is C24H25FN2O4S. The van der Waals surface area contributed by atoms with Crippen molar-refractivity contribution >= 4 is 27.3 Å². The van der Waals surface area contributed by atoms with E-state index < -0.39 is 15.8 Å². The standard InChI is InChI=1S/C24H25FN2O4S/c1-16(2)31-21-10-13-23(17(3)14-21)26-24(28)15-18-4-8-20(9-5-18)27-32(29,30)22-11-6-19(25)7-12-22/h4-14,16,27H,15H2,1-3H3,(H,26,28). The summed E-state index contributed by atoms with van der Waals surface area (Å²) in [5.41, 5.74) is 2.66. The third-order valence-corrected chi connectivity index (χ3v) is 5.94. The maximum Gasteiger partial charge on any atom is 0.261 e. The first-order valence-electron chi connectivity index (χ1n) is 10.1. The van der Waals surface area contributed by atoms with E-state index in [1.165, 1.54) is 12.1 Å². The third kappa shape index (κ3) is 6.31. The van der Waals surface area contributed by atoms with Crippen LogP contribution in [0.25, 0.3) is 0 Å². The first kappa shape index (κ1) is 23.3. The molecule has 0 aliphatic heterocycles. The van der Waals surface area contributed by atoms with E-state index in [1.54, 1.807) is 30.3 Å². The van der Waals surface area contributed by atoms with Gasteiger partial charge >= 0.3 is 0 Å². The van der Waals surface area contributed by atoms with Crippen LogP contribution in [-0.4, -0.2) is 20.4 Å². The average molecular weight is 457 g/mol. The molecule has 0 spiro atoms. The number of carbonyl (C=O) groups excluding carboxylic acids is 1. The molecule has 0 bridgehead atoms. The van der Waals surface area contributed by atoms with Gasteiger partial charge in [0.2, 0.25) is 5.91 Å². The van der Waals surface area contributed by atoms with Crippen LogP contribution in [0.3, 0.4) is 0 Å². The molecule has 0 saturated heterocycles. The molecule has 1 amide bonds. The molecule has 0 aliphatic rings. The second-order valence-corrected chi connectivity index (χ2v) is 9.31. The van der Waals surface area contributed by atoms with Crippen molar-refractivity contribution in [3.8, 4) is 5.75 Å². The minimum Gasteiger partial charge on any atom is -0.491 e. The van der Waals surface area contributed by atoms with Gasteiger partial charge < -0.3 is 10.1 Å². The minimum absolute atomic E-state index is 0.0393. The smallest absolute Gasteiger partial charge is 0.261 e. The van der Waals surface area contributed by atoms with Crippen LogP contribution < -0.4 is 14.8 Å². The fourth-order valence-electron chi connectivity index (χ4n) is 3.02. The van der Waals surface area contributed by atoms with E-state index in [-0.39, 0.29) is 23.3 Å². The maximum absolute atomic E-state index is 13.0. The second kappa shape index (κ2) is 9.82. The number of carbonyl (C=O) groups is 1. The van der Waals surface area contributed by atoms with Gasteiger partial charge in [-0.25, -0.2) is 12.8 Å². The molecule has 0 aliphatic carbocycles. The number of halogens is 1. The van der Waals surface area contributed by atoms with Crippen molar-refractivity contribution in [1.29, 1.82) is 0 Å². The molecular weight excluding hydrogens is 431 g/mol. The lowest BCUT2D eigenvalue weighted by molar-refractivity contribution is -0.115. The summed E-state index contributed by atoms with van der Waals surface area (Å²) in [7, 11) is -3.83. The Kier molecular flexibility index (Phi) is 7.15. The molecule has 3 aromatic carbocycles. The Balaban J connectivity index is 1.60. The summed E-state index contributed by atoms with van der Waals surface area (Å²) < 4.78 is 45.9. The predicted octanol–water partition coefficient (Wildman–Crippen LogP) is 4.90. The zero-order chi connectivity index (χ0) is 23.3. The Hall–Kier alpha value is -3.39. The van der Waals surface area contributed by atoms with Gasteiger partial charge in [-0.1, -0.05) is 12.1 Å². The summed E-state index contributed by atoms with van der Waals surface area (Å²) in [4.78, 5) is 12.4. The van der Waals surface area contributed by atoms with E-state index in [4.69, 9.17) is 4.74 Å². The second-order valence-electron chi connectivity index (χ2n) is 7.62. The lowest BCUT2D eigenvalue weighted by Crippen LogP contribution is -2.16. The molecule has 3 aromatic rings. The van der Waals surface area contributed by atoms with E-state index in [0.717, 1.165) is 29.0 Å². The highest BCUT2D eigenvalue weighted by Crippen LogP contribution is 2.23. The van der Waals surface area contributed by atoms with Gasteiger partial charge in [-0.2, -0.15) is 0 Å². The van der Waals surface area contributed by atoms with Crippen LogP contribution in [0.1, 0.15) is 25.0 Å². The van der Waals surface area contributed by atoms with E-state index in [1.807, 2.05) is 32.9 Å². The maximum atomic E-state index is 13.0. The van der Waals surface area contributed by atoms with Gasteiger partial charge in [0.1, 0.15) is 11.6 Å². The van der Waals surface area contributed by atoms with Crippen molar-refractivity contribution in [2.24, 2.45) is 0 Å².